The van der Waals surface area contributed by atoms with Gasteiger partial charge < -0.3 is 4.90 Å². The molecule has 0 radical (unpaired) electrons. The Balaban J connectivity index is 0.993. The van der Waals surface area contributed by atoms with E-state index < -0.39 is 0 Å². The molecular formula is C64H41NS2. The summed E-state index contributed by atoms with van der Waals surface area (Å²) < 4.78 is 5.11. The number of thiophene rings is 2. The topological polar surface area (TPSA) is 3.24 Å². The van der Waals surface area contributed by atoms with Crippen LogP contribution in [0, 0.1) is 0 Å². The molecule has 0 N–H and O–H groups in total. The summed E-state index contributed by atoms with van der Waals surface area (Å²) in [6.45, 7) is 0. The predicted octanol–water partition coefficient (Wildman–Crippen LogP) is 19.4. The van der Waals surface area contributed by atoms with Gasteiger partial charge in [0.15, 0.2) is 0 Å². The molecule has 0 amide bonds. The van der Waals surface area contributed by atoms with E-state index in [1.165, 1.54) is 112 Å². The molecule has 0 bridgehead atoms. The molecule has 2 aromatic heterocycles. The summed E-state index contributed by atoms with van der Waals surface area (Å²) in [5.74, 6) is 0. The van der Waals surface area contributed by atoms with Gasteiger partial charge in [-0.15, -0.1) is 22.7 Å². The zero-order chi connectivity index (χ0) is 44.3. The van der Waals surface area contributed by atoms with Gasteiger partial charge in [-0.3, -0.25) is 0 Å². The van der Waals surface area contributed by atoms with Gasteiger partial charge in [-0.25, -0.2) is 0 Å². The van der Waals surface area contributed by atoms with E-state index in [2.05, 4.69) is 254 Å². The molecular weight excluding hydrogens is 847 g/mol. The summed E-state index contributed by atoms with van der Waals surface area (Å²) in [6.07, 6.45) is 0. The number of benzene rings is 11. The van der Waals surface area contributed by atoms with Gasteiger partial charge in [-0.2, -0.15) is 0 Å². The lowest BCUT2D eigenvalue weighted by molar-refractivity contribution is 1.32. The second kappa shape index (κ2) is 16.4. The van der Waals surface area contributed by atoms with Crippen LogP contribution in [-0.2, 0) is 0 Å². The summed E-state index contributed by atoms with van der Waals surface area (Å²) in [7, 11) is 0. The molecule has 0 aliphatic carbocycles. The first kappa shape index (κ1) is 39.3. The van der Waals surface area contributed by atoms with E-state index in [-0.39, 0.29) is 0 Å². The summed E-state index contributed by atoms with van der Waals surface area (Å²) >= 11 is 3.78. The molecule has 314 valence electrons. The van der Waals surface area contributed by atoms with Gasteiger partial charge in [0, 0.05) is 41.3 Å². The molecule has 67 heavy (non-hydrogen) atoms. The molecule has 13 aromatic rings. The van der Waals surface area contributed by atoms with Crippen molar-refractivity contribution in [2.45, 2.75) is 0 Å². The highest BCUT2D eigenvalue weighted by atomic mass is 32.1. The highest BCUT2D eigenvalue weighted by molar-refractivity contribution is 7.27. The lowest BCUT2D eigenvalue weighted by Gasteiger charge is -2.28. The van der Waals surface area contributed by atoms with Crippen molar-refractivity contribution >= 4 is 90.9 Å². The zero-order valence-corrected chi connectivity index (χ0v) is 38.1. The fourth-order valence-corrected chi connectivity index (χ4v) is 12.5. The number of rotatable bonds is 8. The maximum atomic E-state index is 2.52. The van der Waals surface area contributed by atoms with Gasteiger partial charge in [0.1, 0.15) is 0 Å². The normalized spacial score (nSPS) is 11.6. The number of fused-ring (bicyclic) bond motifs is 7. The Bertz CT molecular complexity index is 3940. The number of anilines is 3. The van der Waals surface area contributed by atoms with Crippen LogP contribution >= 0.6 is 22.7 Å². The van der Waals surface area contributed by atoms with Gasteiger partial charge in [0.2, 0.25) is 0 Å². The molecule has 3 heteroatoms. The lowest BCUT2D eigenvalue weighted by atomic mass is 9.97. The van der Waals surface area contributed by atoms with E-state index >= 15 is 0 Å². The van der Waals surface area contributed by atoms with E-state index in [0.717, 1.165) is 11.4 Å². The average molecular weight is 888 g/mol. The van der Waals surface area contributed by atoms with Crippen LogP contribution < -0.4 is 4.90 Å². The third-order valence-electron chi connectivity index (χ3n) is 13.3. The molecule has 0 saturated heterocycles. The Morgan fingerprint density at radius 2 is 0.761 bits per heavy atom. The van der Waals surface area contributed by atoms with Crippen LogP contribution in [0.3, 0.4) is 0 Å². The van der Waals surface area contributed by atoms with Crippen molar-refractivity contribution in [2.24, 2.45) is 0 Å². The number of hydrogen-bond donors (Lipinski definition) is 0. The largest absolute Gasteiger partial charge is 0.308 e. The molecule has 0 fully saturated rings. The first-order valence-electron chi connectivity index (χ1n) is 22.8. The van der Waals surface area contributed by atoms with Crippen LogP contribution in [0.15, 0.2) is 249 Å². The van der Waals surface area contributed by atoms with Gasteiger partial charge in [0.25, 0.3) is 0 Å². The Kier molecular flexibility index (Phi) is 9.63. The van der Waals surface area contributed by atoms with E-state index in [4.69, 9.17) is 0 Å². The van der Waals surface area contributed by atoms with Crippen LogP contribution in [0.5, 0.6) is 0 Å². The van der Waals surface area contributed by atoms with Crippen molar-refractivity contribution in [3.8, 4) is 55.6 Å². The molecule has 0 saturated carbocycles. The van der Waals surface area contributed by atoms with Crippen LogP contribution in [0.2, 0.25) is 0 Å². The zero-order valence-electron chi connectivity index (χ0n) is 36.4. The molecule has 1 nitrogen and oxygen atoms in total. The second-order valence-corrected chi connectivity index (χ2v) is 19.3. The Morgan fingerprint density at radius 3 is 1.43 bits per heavy atom. The minimum Gasteiger partial charge on any atom is -0.308 e. The molecule has 0 aliphatic heterocycles. The van der Waals surface area contributed by atoms with Gasteiger partial charge in [-0.05, 0) is 109 Å². The average Bonchev–Trinajstić information content (AvgIpc) is 3.98. The van der Waals surface area contributed by atoms with Crippen LogP contribution in [-0.4, -0.2) is 0 Å². The standard InChI is InChI=1S/C64H41NS2/c1-4-13-42(14-5-1)51-31-35-55-56-21-12-22-59(63(56)66-60(55)40-51)65(53-33-29-46(30-34-53)45-23-25-47(26-24-45)50-28-27-44-17-10-11-20-49(44)39-50)58-38-37-54(48-18-8-3-9-19-48)64-62(58)57-36-32-52(41-61(57)67-64)43-15-6-2-7-16-43/h1-41H. The quantitative estimate of drug-likeness (QED) is 0.147. The van der Waals surface area contributed by atoms with Crippen molar-refractivity contribution in [1.82, 2.24) is 0 Å². The molecule has 0 spiro atoms. The molecule has 2 heterocycles. The van der Waals surface area contributed by atoms with Crippen molar-refractivity contribution in [3.05, 3.63) is 249 Å². The summed E-state index contributed by atoms with van der Waals surface area (Å²) in [4.78, 5) is 2.52. The van der Waals surface area contributed by atoms with Gasteiger partial charge in [-0.1, -0.05) is 206 Å². The number of hydrogen-bond acceptors (Lipinski definition) is 3. The minimum absolute atomic E-state index is 1.11. The fourth-order valence-electron chi connectivity index (χ4n) is 9.91. The van der Waals surface area contributed by atoms with Crippen LogP contribution in [0.25, 0.3) is 107 Å². The van der Waals surface area contributed by atoms with Crippen molar-refractivity contribution in [1.29, 1.82) is 0 Å². The third kappa shape index (κ3) is 6.99. The molecule has 0 unspecified atom stereocenters. The smallest absolute Gasteiger partial charge is 0.0640 e. The second-order valence-electron chi connectivity index (χ2n) is 17.2. The van der Waals surface area contributed by atoms with Crippen LogP contribution in [0.1, 0.15) is 0 Å². The maximum Gasteiger partial charge on any atom is 0.0640 e. The van der Waals surface area contributed by atoms with E-state index in [9.17, 15) is 0 Å². The molecule has 11 aromatic carbocycles. The van der Waals surface area contributed by atoms with E-state index in [0.29, 0.717) is 0 Å². The number of nitrogens with zero attached hydrogens (tertiary/aromatic N) is 1. The summed E-state index contributed by atoms with van der Waals surface area (Å²) in [5.41, 5.74) is 15.6. The molecule has 13 rings (SSSR count). The van der Waals surface area contributed by atoms with E-state index in [1.54, 1.807) is 0 Å². The first-order chi connectivity index (χ1) is 33.2. The highest BCUT2D eigenvalue weighted by Gasteiger charge is 2.24. The summed E-state index contributed by atoms with van der Waals surface area (Å²) in [5, 5.41) is 7.59. The van der Waals surface area contributed by atoms with Crippen molar-refractivity contribution < 1.29 is 0 Å². The summed E-state index contributed by atoms with van der Waals surface area (Å²) in [6, 6.07) is 91.4. The van der Waals surface area contributed by atoms with Gasteiger partial charge in [0.05, 0.1) is 16.1 Å². The monoisotopic (exact) mass is 887 g/mol. The SMILES string of the molecule is c1ccc(-c2ccc3c(c2)sc2c(N(c4ccc(-c5ccc(-c6ccc7ccccc7c6)cc5)cc4)c4ccc(-c5ccccc5)c5sc6cc(-c7ccccc7)ccc6c45)cccc23)cc1. The Morgan fingerprint density at radius 1 is 0.269 bits per heavy atom. The first-order valence-corrected chi connectivity index (χ1v) is 24.4. The Hall–Kier alpha value is -8.08. The van der Waals surface area contributed by atoms with Gasteiger partial charge >= 0.3 is 0 Å². The minimum atomic E-state index is 1.11. The third-order valence-corrected chi connectivity index (χ3v) is 15.7. The van der Waals surface area contributed by atoms with Crippen molar-refractivity contribution in [2.75, 3.05) is 4.90 Å². The highest BCUT2D eigenvalue weighted by Crippen LogP contribution is 2.51. The predicted molar refractivity (Wildman–Crippen MR) is 292 cm³/mol. The maximum absolute atomic E-state index is 2.52. The van der Waals surface area contributed by atoms with Crippen molar-refractivity contribution in [3.63, 3.8) is 0 Å². The lowest BCUT2D eigenvalue weighted by Crippen LogP contribution is -2.10. The van der Waals surface area contributed by atoms with Crippen LogP contribution in [0.4, 0.5) is 17.1 Å². The molecule has 0 atom stereocenters. The fraction of sp³-hybridized carbons (Fsp3) is 0. The van der Waals surface area contributed by atoms with E-state index in [1.807, 2.05) is 22.7 Å². The molecule has 0 aliphatic rings. The Labute approximate surface area is 397 Å².